The first-order valence-corrected chi connectivity index (χ1v) is 8.21. The molecule has 3 rings (SSSR count). The monoisotopic (exact) mass is 392 g/mol. The zero-order valence-electron chi connectivity index (χ0n) is 14.9. The minimum absolute atomic E-state index is 0.0585. The van der Waals surface area contributed by atoms with E-state index >= 15 is 0 Å². The summed E-state index contributed by atoms with van der Waals surface area (Å²) in [5, 5.41) is 13.8. The second-order valence-electron chi connectivity index (χ2n) is 6.30. The molecule has 11 heteroatoms. The van der Waals surface area contributed by atoms with Crippen molar-refractivity contribution in [3.05, 3.63) is 52.3 Å². The maximum absolute atomic E-state index is 13.0. The Labute approximate surface area is 156 Å². The highest BCUT2D eigenvalue weighted by atomic mass is 19.4. The molecule has 3 aromatic rings. The lowest BCUT2D eigenvalue weighted by Crippen LogP contribution is -2.31. The molecule has 0 atom stereocenters. The standard InChI is InChI=1S/C17H15F3N6O2/c1-9(2)15-12-5-10(17(18,19)20)3-4-11(12)16(28)26(25-15)7-14(27)24-13-6-22-23-8-21-13/h3-6,8-9H,7H2,1-2H3,(H,21,23,24,27). The Balaban J connectivity index is 2.03. The quantitative estimate of drug-likeness (QED) is 0.731. The van der Waals surface area contributed by atoms with Gasteiger partial charge in [0.2, 0.25) is 5.91 Å². The van der Waals surface area contributed by atoms with Crippen molar-refractivity contribution in [1.82, 2.24) is 25.0 Å². The summed E-state index contributed by atoms with van der Waals surface area (Å²) in [5.74, 6) is -0.712. The molecule has 0 fully saturated rings. The molecule has 0 saturated heterocycles. The number of benzene rings is 1. The molecular formula is C17H15F3N6O2. The van der Waals surface area contributed by atoms with Crippen molar-refractivity contribution in [3.8, 4) is 0 Å². The van der Waals surface area contributed by atoms with Crippen LogP contribution < -0.4 is 10.9 Å². The van der Waals surface area contributed by atoms with Gasteiger partial charge in [0, 0.05) is 5.39 Å². The van der Waals surface area contributed by atoms with E-state index in [9.17, 15) is 22.8 Å². The lowest BCUT2D eigenvalue weighted by atomic mass is 10.0. The van der Waals surface area contributed by atoms with E-state index < -0.39 is 29.8 Å². The molecule has 2 aromatic heterocycles. The Bertz CT molecular complexity index is 1080. The number of fused-ring (bicyclic) bond motifs is 1. The molecule has 0 aliphatic rings. The van der Waals surface area contributed by atoms with Crippen LogP contribution in [0.1, 0.15) is 31.0 Å². The van der Waals surface area contributed by atoms with Crippen LogP contribution in [-0.4, -0.2) is 30.9 Å². The molecule has 0 radical (unpaired) electrons. The van der Waals surface area contributed by atoms with Crippen LogP contribution >= 0.6 is 0 Å². The van der Waals surface area contributed by atoms with Gasteiger partial charge in [-0.25, -0.2) is 9.67 Å². The second kappa shape index (κ2) is 7.33. The van der Waals surface area contributed by atoms with E-state index in [1.54, 1.807) is 13.8 Å². The van der Waals surface area contributed by atoms with Crippen LogP contribution in [0.5, 0.6) is 0 Å². The van der Waals surface area contributed by atoms with Gasteiger partial charge in [-0.1, -0.05) is 13.8 Å². The van der Waals surface area contributed by atoms with Crippen molar-refractivity contribution in [2.24, 2.45) is 0 Å². The summed E-state index contributed by atoms with van der Waals surface area (Å²) in [6.07, 6.45) is -2.17. The van der Waals surface area contributed by atoms with Gasteiger partial charge in [0.05, 0.1) is 22.8 Å². The first-order chi connectivity index (χ1) is 13.2. The molecule has 0 unspecified atom stereocenters. The molecule has 146 valence electrons. The van der Waals surface area contributed by atoms with Gasteiger partial charge in [0.15, 0.2) is 5.82 Å². The molecule has 2 heterocycles. The second-order valence-corrected chi connectivity index (χ2v) is 6.30. The predicted octanol–water partition coefficient (Wildman–Crippen LogP) is 2.36. The Kier molecular flexibility index (Phi) is 5.08. The summed E-state index contributed by atoms with van der Waals surface area (Å²) >= 11 is 0. The number of hydrogen-bond acceptors (Lipinski definition) is 6. The van der Waals surface area contributed by atoms with E-state index in [1.807, 2.05) is 0 Å². The van der Waals surface area contributed by atoms with Crippen molar-refractivity contribution in [2.45, 2.75) is 32.5 Å². The normalized spacial score (nSPS) is 11.8. The van der Waals surface area contributed by atoms with Gasteiger partial charge in [-0.05, 0) is 24.1 Å². The summed E-state index contributed by atoms with van der Waals surface area (Å²) in [7, 11) is 0. The number of nitrogens with zero attached hydrogens (tertiary/aromatic N) is 5. The third-order valence-corrected chi connectivity index (χ3v) is 3.92. The average Bonchev–Trinajstić information content (AvgIpc) is 2.63. The molecule has 28 heavy (non-hydrogen) atoms. The Morgan fingerprint density at radius 1 is 1.21 bits per heavy atom. The fourth-order valence-corrected chi connectivity index (χ4v) is 2.64. The zero-order chi connectivity index (χ0) is 20.5. The van der Waals surface area contributed by atoms with E-state index in [2.05, 4.69) is 25.6 Å². The number of alkyl halides is 3. The number of rotatable bonds is 4. The number of anilines is 1. The summed E-state index contributed by atoms with van der Waals surface area (Å²) in [5.41, 5.74) is -1.24. The minimum atomic E-state index is -4.54. The summed E-state index contributed by atoms with van der Waals surface area (Å²) < 4.78 is 40.0. The molecule has 0 bridgehead atoms. The number of aromatic nitrogens is 5. The molecule has 1 amide bonds. The van der Waals surface area contributed by atoms with Crippen LogP contribution in [0.15, 0.2) is 35.5 Å². The summed E-state index contributed by atoms with van der Waals surface area (Å²) in [4.78, 5) is 28.6. The zero-order valence-corrected chi connectivity index (χ0v) is 14.9. The SMILES string of the molecule is CC(C)c1nn(CC(=O)Nc2cnncn2)c(=O)c2ccc(C(F)(F)F)cc12. The summed E-state index contributed by atoms with van der Waals surface area (Å²) in [6, 6.07) is 2.86. The lowest BCUT2D eigenvalue weighted by Gasteiger charge is -2.15. The largest absolute Gasteiger partial charge is 0.416 e. The smallest absolute Gasteiger partial charge is 0.308 e. The fourth-order valence-electron chi connectivity index (χ4n) is 2.64. The first-order valence-electron chi connectivity index (χ1n) is 8.21. The van der Waals surface area contributed by atoms with Gasteiger partial charge in [-0.15, -0.1) is 5.10 Å². The third-order valence-electron chi connectivity index (χ3n) is 3.92. The van der Waals surface area contributed by atoms with Crippen LogP contribution in [0.25, 0.3) is 10.8 Å². The summed E-state index contributed by atoms with van der Waals surface area (Å²) in [6.45, 7) is 3.05. The predicted molar refractivity (Wildman–Crippen MR) is 93.6 cm³/mol. The Hall–Kier alpha value is -3.37. The minimum Gasteiger partial charge on any atom is -0.308 e. The third kappa shape index (κ3) is 3.97. The number of amides is 1. The Morgan fingerprint density at radius 3 is 2.57 bits per heavy atom. The lowest BCUT2D eigenvalue weighted by molar-refractivity contribution is -0.137. The van der Waals surface area contributed by atoms with Gasteiger partial charge in [-0.3, -0.25) is 9.59 Å². The molecule has 0 spiro atoms. The molecular weight excluding hydrogens is 377 g/mol. The number of hydrogen-bond donors (Lipinski definition) is 1. The van der Waals surface area contributed by atoms with Crippen molar-refractivity contribution in [2.75, 3.05) is 5.32 Å². The fraction of sp³-hybridized carbons (Fsp3) is 0.294. The van der Waals surface area contributed by atoms with Crippen molar-refractivity contribution in [1.29, 1.82) is 0 Å². The molecule has 1 N–H and O–H groups in total. The highest BCUT2D eigenvalue weighted by Crippen LogP contribution is 2.32. The Morgan fingerprint density at radius 2 is 1.96 bits per heavy atom. The highest BCUT2D eigenvalue weighted by molar-refractivity contribution is 5.90. The van der Waals surface area contributed by atoms with Gasteiger partial charge in [-0.2, -0.15) is 23.4 Å². The molecule has 8 nitrogen and oxygen atoms in total. The van der Waals surface area contributed by atoms with E-state index in [1.165, 1.54) is 6.20 Å². The molecule has 0 aliphatic heterocycles. The first kappa shape index (κ1) is 19.4. The molecule has 0 aliphatic carbocycles. The van der Waals surface area contributed by atoms with E-state index in [0.29, 0.717) is 0 Å². The van der Waals surface area contributed by atoms with Gasteiger partial charge in [0.1, 0.15) is 12.9 Å². The van der Waals surface area contributed by atoms with Crippen LogP contribution in [0.4, 0.5) is 19.0 Å². The topological polar surface area (TPSA) is 103 Å². The van der Waals surface area contributed by atoms with Gasteiger partial charge in [0.25, 0.3) is 5.56 Å². The average molecular weight is 392 g/mol. The molecule has 1 aromatic carbocycles. The van der Waals surface area contributed by atoms with Crippen LogP contribution in [-0.2, 0) is 17.5 Å². The van der Waals surface area contributed by atoms with Crippen molar-refractivity contribution >= 4 is 22.5 Å². The van der Waals surface area contributed by atoms with E-state index in [-0.39, 0.29) is 28.2 Å². The maximum Gasteiger partial charge on any atom is 0.416 e. The van der Waals surface area contributed by atoms with Crippen molar-refractivity contribution in [3.63, 3.8) is 0 Å². The number of halogens is 3. The number of carbonyl (C=O) groups is 1. The number of carbonyl (C=O) groups excluding carboxylic acids is 1. The van der Waals surface area contributed by atoms with E-state index in [0.717, 1.165) is 29.2 Å². The van der Waals surface area contributed by atoms with Gasteiger partial charge < -0.3 is 5.32 Å². The molecule has 0 saturated carbocycles. The van der Waals surface area contributed by atoms with Crippen LogP contribution in [0.2, 0.25) is 0 Å². The van der Waals surface area contributed by atoms with Crippen LogP contribution in [0.3, 0.4) is 0 Å². The maximum atomic E-state index is 13.0. The van der Waals surface area contributed by atoms with Crippen molar-refractivity contribution < 1.29 is 18.0 Å². The number of nitrogens with one attached hydrogen (secondary N) is 1. The highest BCUT2D eigenvalue weighted by Gasteiger charge is 2.31. The van der Waals surface area contributed by atoms with E-state index in [4.69, 9.17) is 0 Å². The van der Waals surface area contributed by atoms with Gasteiger partial charge >= 0.3 is 6.18 Å². The van der Waals surface area contributed by atoms with Crippen LogP contribution in [0, 0.1) is 0 Å².